The Morgan fingerprint density at radius 2 is 1.95 bits per heavy atom. The molecule has 6 heteroatoms. The summed E-state index contributed by atoms with van der Waals surface area (Å²) in [4.78, 5) is 2.42. The van der Waals surface area contributed by atoms with E-state index in [-0.39, 0.29) is 0 Å². The number of anilines is 1. The second-order valence-electron chi connectivity index (χ2n) is 5.46. The smallest absolute Gasteiger partial charge is 0.145 e. The molecule has 1 saturated heterocycles. The number of piperidine rings is 1. The molecule has 2 aromatic rings. The van der Waals surface area contributed by atoms with Crippen molar-refractivity contribution in [3.63, 3.8) is 0 Å². The van der Waals surface area contributed by atoms with Gasteiger partial charge in [-0.25, -0.2) is 0 Å². The van der Waals surface area contributed by atoms with E-state index in [2.05, 4.69) is 10.00 Å². The number of hydrogen-bond acceptors (Lipinski definition) is 3. The number of nitrogens with two attached hydrogens (primary N) is 1. The standard InChI is InChI=1S/C15H18Cl2N4/c16-12-2-1-11(14(17)9-12)10-20-6-3-13(4-7-20)21-8-5-15(18)19-21/h1-2,5,8-9,13H,3-4,6-7,10H2,(H2,18,19). The quantitative estimate of drug-likeness (QED) is 0.938. The lowest BCUT2D eigenvalue weighted by atomic mass is 10.0. The predicted molar refractivity (Wildman–Crippen MR) is 86.6 cm³/mol. The zero-order valence-corrected chi connectivity index (χ0v) is 13.2. The molecule has 2 heterocycles. The summed E-state index contributed by atoms with van der Waals surface area (Å²) in [6.45, 7) is 2.93. The molecular formula is C15H18Cl2N4. The first kappa shape index (κ1) is 14.7. The Morgan fingerprint density at radius 3 is 2.57 bits per heavy atom. The predicted octanol–water partition coefficient (Wildman–Crippen LogP) is 3.61. The SMILES string of the molecule is Nc1ccn(C2CCN(Cc3ccc(Cl)cc3Cl)CC2)n1. The molecule has 3 rings (SSSR count). The van der Waals surface area contributed by atoms with Crippen LogP contribution in [0.3, 0.4) is 0 Å². The summed E-state index contributed by atoms with van der Waals surface area (Å²) >= 11 is 12.2. The largest absolute Gasteiger partial charge is 0.382 e. The highest BCUT2D eigenvalue weighted by Gasteiger charge is 2.21. The Morgan fingerprint density at radius 1 is 1.19 bits per heavy atom. The zero-order valence-electron chi connectivity index (χ0n) is 11.7. The van der Waals surface area contributed by atoms with Gasteiger partial charge in [0.1, 0.15) is 5.82 Å². The summed E-state index contributed by atoms with van der Waals surface area (Å²) in [6, 6.07) is 7.99. The molecule has 0 bridgehead atoms. The summed E-state index contributed by atoms with van der Waals surface area (Å²) in [7, 11) is 0. The molecule has 1 fully saturated rings. The zero-order chi connectivity index (χ0) is 14.8. The Kier molecular flexibility index (Phi) is 4.38. The van der Waals surface area contributed by atoms with Crippen LogP contribution in [0.15, 0.2) is 30.5 Å². The normalized spacial score (nSPS) is 17.2. The summed E-state index contributed by atoms with van der Waals surface area (Å²) < 4.78 is 1.99. The van der Waals surface area contributed by atoms with Crippen LogP contribution in [0.25, 0.3) is 0 Å². The van der Waals surface area contributed by atoms with Crippen molar-refractivity contribution < 1.29 is 0 Å². The molecule has 0 unspecified atom stereocenters. The lowest BCUT2D eigenvalue weighted by molar-refractivity contribution is 0.173. The van der Waals surface area contributed by atoms with Gasteiger partial charge in [-0.15, -0.1) is 0 Å². The minimum absolute atomic E-state index is 0.444. The maximum Gasteiger partial charge on any atom is 0.145 e. The molecular weight excluding hydrogens is 307 g/mol. The topological polar surface area (TPSA) is 47.1 Å². The summed E-state index contributed by atoms with van der Waals surface area (Å²) in [5, 5.41) is 5.73. The maximum atomic E-state index is 6.24. The van der Waals surface area contributed by atoms with Gasteiger partial charge < -0.3 is 5.73 Å². The first-order chi connectivity index (χ1) is 10.1. The molecule has 0 spiro atoms. The van der Waals surface area contributed by atoms with Crippen LogP contribution in [-0.4, -0.2) is 27.8 Å². The maximum absolute atomic E-state index is 6.24. The number of benzene rings is 1. The summed E-state index contributed by atoms with van der Waals surface area (Å²) in [6.07, 6.45) is 4.12. The average molecular weight is 325 g/mol. The van der Waals surface area contributed by atoms with Crippen molar-refractivity contribution in [2.24, 2.45) is 0 Å². The molecule has 0 saturated carbocycles. The minimum Gasteiger partial charge on any atom is -0.382 e. The van der Waals surface area contributed by atoms with Crippen LogP contribution in [0.2, 0.25) is 10.0 Å². The second kappa shape index (κ2) is 6.26. The van der Waals surface area contributed by atoms with Crippen molar-refractivity contribution in [1.29, 1.82) is 0 Å². The Bertz CT molecular complexity index is 618. The average Bonchev–Trinajstić information content (AvgIpc) is 2.89. The molecule has 1 aliphatic rings. The van der Waals surface area contributed by atoms with E-state index in [0.29, 0.717) is 16.9 Å². The van der Waals surface area contributed by atoms with Gasteiger partial charge in [0.15, 0.2) is 0 Å². The highest BCUT2D eigenvalue weighted by molar-refractivity contribution is 6.35. The summed E-state index contributed by atoms with van der Waals surface area (Å²) in [5.74, 6) is 0.588. The number of likely N-dealkylation sites (tertiary alicyclic amines) is 1. The molecule has 21 heavy (non-hydrogen) atoms. The van der Waals surface area contributed by atoms with E-state index in [0.717, 1.165) is 43.1 Å². The number of aromatic nitrogens is 2. The van der Waals surface area contributed by atoms with E-state index in [1.807, 2.05) is 29.1 Å². The van der Waals surface area contributed by atoms with Crippen LogP contribution in [0.1, 0.15) is 24.4 Å². The van der Waals surface area contributed by atoms with E-state index in [1.165, 1.54) is 0 Å². The van der Waals surface area contributed by atoms with E-state index in [9.17, 15) is 0 Å². The number of halogens is 2. The Balaban J connectivity index is 1.58. The second-order valence-corrected chi connectivity index (χ2v) is 6.31. The molecule has 0 radical (unpaired) electrons. The molecule has 1 aliphatic heterocycles. The highest BCUT2D eigenvalue weighted by atomic mass is 35.5. The van der Waals surface area contributed by atoms with Crippen molar-refractivity contribution >= 4 is 29.0 Å². The molecule has 0 aliphatic carbocycles. The van der Waals surface area contributed by atoms with Crippen LogP contribution >= 0.6 is 23.2 Å². The molecule has 1 aromatic carbocycles. The van der Waals surface area contributed by atoms with Gasteiger partial charge in [-0.2, -0.15) is 5.10 Å². The van der Waals surface area contributed by atoms with E-state index in [4.69, 9.17) is 28.9 Å². The van der Waals surface area contributed by atoms with Gasteiger partial charge in [0, 0.05) is 35.9 Å². The van der Waals surface area contributed by atoms with Gasteiger partial charge in [-0.05, 0) is 36.6 Å². The van der Waals surface area contributed by atoms with Gasteiger partial charge in [-0.1, -0.05) is 29.3 Å². The fourth-order valence-corrected chi connectivity index (χ4v) is 3.26. The van der Waals surface area contributed by atoms with Crippen molar-refractivity contribution in [2.75, 3.05) is 18.8 Å². The third kappa shape index (κ3) is 3.51. The molecule has 2 N–H and O–H groups in total. The van der Waals surface area contributed by atoms with Crippen LogP contribution in [0.4, 0.5) is 5.82 Å². The van der Waals surface area contributed by atoms with Crippen LogP contribution in [-0.2, 0) is 6.54 Å². The fraction of sp³-hybridized carbons (Fsp3) is 0.400. The number of hydrogen-bond donors (Lipinski definition) is 1. The van der Waals surface area contributed by atoms with Crippen LogP contribution in [0.5, 0.6) is 0 Å². The Hall–Kier alpha value is -1.23. The van der Waals surface area contributed by atoms with Crippen molar-refractivity contribution in [3.05, 3.63) is 46.1 Å². The first-order valence-corrected chi connectivity index (χ1v) is 7.84. The highest BCUT2D eigenvalue weighted by Crippen LogP contribution is 2.26. The van der Waals surface area contributed by atoms with E-state index < -0.39 is 0 Å². The van der Waals surface area contributed by atoms with Crippen LogP contribution < -0.4 is 5.73 Å². The van der Waals surface area contributed by atoms with Crippen molar-refractivity contribution in [2.45, 2.75) is 25.4 Å². The van der Waals surface area contributed by atoms with Gasteiger partial charge in [0.05, 0.1) is 6.04 Å². The van der Waals surface area contributed by atoms with E-state index >= 15 is 0 Å². The fourth-order valence-electron chi connectivity index (χ4n) is 2.79. The monoisotopic (exact) mass is 324 g/mol. The Labute approximate surface area is 134 Å². The molecule has 112 valence electrons. The molecule has 1 aromatic heterocycles. The lowest BCUT2D eigenvalue weighted by Crippen LogP contribution is -2.34. The van der Waals surface area contributed by atoms with Crippen LogP contribution in [0, 0.1) is 0 Å². The third-order valence-corrected chi connectivity index (χ3v) is 4.56. The van der Waals surface area contributed by atoms with Crippen molar-refractivity contribution in [1.82, 2.24) is 14.7 Å². The molecule has 0 amide bonds. The first-order valence-electron chi connectivity index (χ1n) is 7.09. The third-order valence-electron chi connectivity index (χ3n) is 3.97. The number of nitrogens with zero attached hydrogens (tertiary/aromatic N) is 3. The molecule has 0 atom stereocenters. The van der Waals surface area contributed by atoms with Gasteiger partial charge in [0.25, 0.3) is 0 Å². The van der Waals surface area contributed by atoms with E-state index in [1.54, 1.807) is 6.07 Å². The van der Waals surface area contributed by atoms with Crippen molar-refractivity contribution in [3.8, 4) is 0 Å². The molecule has 4 nitrogen and oxygen atoms in total. The number of rotatable bonds is 3. The summed E-state index contributed by atoms with van der Waals surface area (Å²) in [5.41, 5.74) is 6.80. The minimum atomic E-state index is 0.444. The van der Waals surface area contributed by atoms with Gasteiger partial charge in [-0.3, -0.25) is 9.58 Å². The lowest BCUT2D eigenvalue weighted by Gasteiger charge is -2.32. The van der Waals surface area contributed by atoms with Gasteiger partial charge in [0.2, 0.25) is 0 Å². The number of nitrogen functional groups attached to an aromatic ring is 1. The van der Waals surface area contributed by atoms with Gasteiger partial charge >= 0.3 is 0 Å².